The maximum atomic E-state index is 13.0. The summed E-state index contributed by atoms with van der Waals surface area (Å²) < 4.78 is 6.33. The van der Waals surface area contributed by atoms with Crippen molar-refractivity contribution in [3.8, 4) is 0 Å². The molecule has 3 nitrogen and oxygen atoms in total. The monoisotopic (exact) mass is 497 g/mol. The fourth-order valence-electron chi connectivity index (χ4n) is 4.91. The van der Waals surface area contributed by atoms with Gasteiger partial charge in [-0.2, -0.15) is 0 Å². The highest BCUT2D eigenvalue weighted by Gasteiger charge is 2.43. The molecule has 1 unspecified atom stereocenters. The van der Waals surface area contributed by atoms with Gasteiger partial charge in [-0.3, -0.25) is 4.79 Å². The van der Waals surface area contributed by atoms with Crippen LogP contribution in [-0.4, -0.2) is 37.6 Å². The number of ether oxygens (including phenoxy) is 1. The molecule has 0 aliphatic carbocycles. The first-order valence-corrected chi connectivity index (χ1v) is 12.5. The van der Waals surface area contributed by atoms with Crippen LogP contribution in [0.3, 0.4) is 0 Å². The summed E-state index contributed by atoms with van der Waals surface area (Å²) in [6, 6.07) is 16.7. The molecule has 0 saturated carbocycles. The zero-order valence-corrected chi connectivity index (χ0v) is 21.5. The Balaban J connectivity index is 1.62. The van der Waals surface area contributed by atoms with Crippen molar-refractivity contribution in [2.75, 3.05) is 26.7 Å². The molecule has 4 heteroatoms. The Bertz CT molecular complexity index is 925. The highest BCUT2D eigenvalue weighted by molar-refractivity contribution is 9.10. The lowest BCUT2D eigenvalue weighted by Crippen LogP contribution is -2.43. The van der Waals surface area contributed by atoms with Gasteiger partial charge >= 0.3 is 5.97 Å². The number of likely N-dealkylation sites (tertiary alicyclic amines) is 1. The minimum Gasteiger partial charge on any atom is -0.468 e. The van der Waals surface area contributed by atoms with E-state index in [2.05, 4.69) is 84.1 Å². The van der Waals surface area contributed by atoms with Crippen LogP contribution in [-0.2, 0) is 14.9 Å². The standard InChI is InChI=1S/C28H36BrNO2/c1-21(2)28(27(31)32-4,25-10-12-26(29)13-11-25)16-7-17-30-18-14-23(15-19-30)20-24-9-6-5-8-22(24)3/h5-6,8-13,20-21H,7,14-19H2,1-4H3. The maximum Gasteiger partial charge on any atom is 0.316 e. The van der Waals surface area contributed by atoms with Crippen LogP contribution in [0.5, 0.6) is 0 Å². The Morgan fingerprint density at radius 3 is 2.38 bits per heavy atom. The average Bonchev–Trinajstić information content (AvgIpc) is 2.79. The Hall–Kier alpha value is -1.91. The highest BCUT2D eigenvalue weighted by atomic mass is 79.9. The molecule has 0 radical (unpaired) electrons. The van der Waals surface area contributed by atoms with E-state index in [1.54, 1.807) is 0 Å². The quantitative estimate of drug-likeness (QED) is 0.376. The lowest BCUT2D eigenvalue weighted by molar-refractivity contribution is -0.150. The first-order chi connectivity index (χ1) is 15.4. The molecule has 2 aromatic carbocycles. The van der Waals surface area contributed by atoms with Crippen molar-refractivity contribution >= 4 is 28.0 Å². The normalized spacial score (nSPS) is 16.6. The van der Waals surface area contributed by atoms with Crippen molar-refractivity contribution < 1.29 is 9.53 Å². The SMILES string of the molecule is COC(=O)C(CCCN1CCC(=Cc2ccccc2C)CC1)(c1ccc(Br)cc1)C(C)C. The average molecular weight is 499 g/mol. The molecule has 0 spiro atoms. The topological polar surface area (TPSA) is 29.5 Å². The van der Waals surface area contributed by atoms with Crippen LogP contribution < -0.4 is 0 Å². The number of benzene rings is 2. The molecule has 1 fully saturated rings. The summed E-state index contributed by atoms with van der Waals surface area (Å²) in [7, 11) is 1.51. The number of halogens is 1. The van der Waals surface area contributed by atoms with Crippen LogP contribution >= 0.6 is 15.9 Å². The van der Waals surface area contributed by atoms with E-state index in [-0.39, 0.29) is 11.9 Å². The van der Waals surface area contributed by atoms with Crippen molar-refractivity contribution in [2.45, 2.75) is 51.9 Å². The van der Waals surface area contributed by atoms with E-state index in [1.807, 2.05) is 12.1 Å². The van der Waals surface area contributed by atoms with Gasteiger partial charge in [-0.15, -0.1) is 0 Å². The van der Waals surface area contributed by atoms with Crippen molar-refractivity contribution in [3.05, 3.63) is 75.3 Å². The summed E-state index contributed by atoms with van der Waals surface area (Å²) in [6.07, 6.45) is 6.38. The minimum absolute atomic E-state index is 0.128. The molecule has 172 valence electrons. The number of hydrogen-bond acceptors (Lipinski definition) is 3. The van der Waals surface area contributed by atoms with Crippen molar-refractivity contribution in [1.29, 1.82) is 0 Å². The lowest BCUT2D eigenvalue weighted by atomic mass is 9.68. The van der Waals surface area contributed by atoms with Crippen molar-refractivity contribution in [2.24, 2.45) is 5.92 Å². The van der Waals surface area contributed by atoms with Crippen LogP contribution in [0.4, 0.5) is 0 Å². The van der Waals surface area contributed by atoms with Crippen LogP contribution in [0.1, 0.15) is 56.2 Å². The molecule has 3 rings (SSSR count). The first-order valence-electron chi connectivity index (χ1n) is 11.7. The molecule has 0 N–H and O–H groups in total. The molecule has 1 aliphatic heterocycles. The number of aryl methyl sites for hydroxylation is 1. The first kappa shape index (κ1) is 24.7. The van der Waals surface area contributed by atoms with Gasteiger partial charge in [0, 0.05) is 17.6 Å². The van der Waals surface area contributed by atoms with Gasteiger partial charge in [-0.05, 0) is 73.9 Å². The summed E-state index contributed by atoms with van der Waals surface area (Å²) in [5.41, 5.74) is 4.65. The third-order valence-electron chi connectivity index (χ3n) is 6.99. The Morgan fingerprint density at radius 1 is 1.12 bits per heavy atom. The minimum atomic E-state index is -0.610. The van der Waals surface area contributed by atoms with Gasteiger partial charge in [0.05, 0.1) is 12.5 Å². The van der Waals surface area contributed by atoms with Gasteiger partial charge in [0.25, 0.3) is 0 Å². The molecular weight excluding hydrogens is 462 g/mol. The van der Waals surface area contributed by atoms with Gasteiger partial charge < -0.3 is 9.64 Å². The molecule has 1 saturated heterocycles. The second-order valence-electron chi connectivity index (χ2n) is 9.23. The smallest absolute Gasteiger partial charge is 0.316 e. The van der Waals surface area contributed by atoms with Gasteiger partial charge in [0.1, 0.15) is 0 Å². The Kier molecular flexibility index (Phi) is 8.72. The van der Waals surface area contributed by atoms with Crippen LogP contribution in [0.25, 0.3) is 6.08 Å². The molecular formula is C28H36BrNO2. The van der Waals surface area contributed by atoms with E-state index in [0.717, 1.165) is 55.4 Å². The van der Waals surface area contributed by atoms with E-state index < -0.39 is 5.41 Å². The second-order valence-corrected chi connectivity index (χ2v) is 10.1. The number of nitrogens with zero attached hydrogens (tertiary/aromatic N) is 1. The fourth-order valence-corrected chi connectivity index (χ4v) is 5.17. The highest BCUT2D eigenvalue weighted by Crippen LogP contribution is 2.39. The van der Waals surface area contributed by atoms with Gasteiger partial charge in [-0.1, -0.05) is 77.8 Å². The van der Waals surface area contributed by atoms with Crippen LogP contribution in [0, 0.1) is 12.8 Å². The molecule has 1 atom stereocenters. The second kappa shape index (κ2) is 11.3. The third-order valence-corrected chi connectivity index (χ3v) is 7.52. The predicted octanol–water partition coefficient (Wildman–Crippen LogP) is 6.78. The molecule has 32 heavy (non-hydrogen) atoms. The van der Waals surface area contributed by atoms with Crippen molar-refractivity contribution in [1.82, 2.24) is 4.90 Å². The number of piperidine rings is 1. The molecule has 1 heterocycles. The molecule has 2 aromatic rings. The van der Waals surface area contributed by atoms with E-state index in [0.29, 0.717) is 0 Å². The van der Waals surface area contributed by atoms with E-state index in [9.17, 15) is 4.79 Å². The molecule has 0 bridgehead atoms. The number of esters is 1. The van der Waals surface area contributed by atoms with Crippen molar-refractivity contribution in [3.63, 3.8) is 0 Å². The number of carbonyl (C=O) groups is 1. The number of carbonyl (C=O) groups excluding carboxylic acids is 1. The Labute approximate surface area is 202 Å². The van der Waals surface area contributed by atoms with Crippen LogP contribution in [0.2, 0.25) is 0 Å². The Morgan fingerprint density at radius 2 is 1.78 bits per heavy atom. The summed E-state index contributed by atoms with van der Waals surface area (Å²) in [6.45, 7) is 9.62. The maximum absolute atomic E-state index is 13.0. The summed E-state index contributed by atoms with van der Waals surface area (Å²) in [5.74, 6) is 0.0260. The van der Waals surface area contributed by atoms with E-state index >= 15 is 0 Å². The summed E-state index contributed by atoms with van der Waals surface area (Å²) >= 11 is 3.51. The number of hydrogen-bond donors (Lipinski definition) is 0. The fraction of sp³-hybridized carbons (Fsp3) is 0.464. The molecule has 0 aromatic heterocycles. The van der Waals surface area contributed by atoms with E-state index in [4.69, 9.17) is 4.74 Å². The van der Waals surface area contributed by atoms with Gasteiger partial charge in [0.2, 0.25) is 0 Å². The van der Waals surface area contributed by atoms with Crippen LogP contribution in [0.15, 0.2) is 58.6 Å². The predicted molar refractivity (Wildman–Crippen MR) is 137 cm³/mol. The number of methoxy groups -OCH3 is 1. The zero-order chi connectivity index (χ0) is 23.1. The summed E-state index contributed by atoms with van der Waals surface area (Å²) in [5, 5.41) is 0. The van der Waals surface area contributed by atoms with E-state index in [1.165, 1.54) is 23.8 Å². The largest absolute Gasteiger partial charge is 0.468 e. The number of rotatable bonds is 8. The van der Waals surface area contributed by atoms with Gasteiger partial charge in [0.15, 0.2) is 0 Å². The third kappa shape index (κ3) is 5.71. The molecule has 0 amide bonds. The molecule has 1 aliphatic rings. The zero-order valence-electron chi connectivity index (χ0n) is 19.9. The van der Waals surface area contributed by atoms with Gasteiger partial charge in [-0.25, -0.2) is 0 Å². The lowest BCUT2D eigenvalue weighted by Gasteiger charge is -2.36. The summed E-state index contributed by atoms with van der Waals surface area (Å²) in [4.78, 5) is 15.6.